The number of hydrogen-bond donors (Lipinski definition) is 2. The zero-order valence-corrected chi connectivity index (χ0v) is 23.0. The molecule has 0 saturated carbocycles. The second-order valence-corrected chi connectivity index (χ2v) is 10.1. The highest BCUT2D eigenvalue weighted by molar-refractivity contribution is 5.91. The third-order valence-electron chi connectivity index (χ3n) is 6.98. The number of nitrogens with zero attached hydrogens (tertiary/aromatic N) is 2. The normalized spacial score (nSPS) is 11.1. The largest absolute Gasteiger partial charge is 0.436 e. The number of hydrogen-bond acceptors (Lipinski definition) is 6. The first-order valence-corrected chi connectivity index (χ1v) is 14.1. The average Bonchev–Trinajstić information content (AvgIpc) is 3.64. The van der Waals surface area contributed by atoms with Crippen LogP contribution in [0, 0.1) is 0 Å². The van der Waals surface area contributed by atoms with Gasteiger partial charge in [-0.05, 0) is 85.6 Å². The van der Waals surface area contributed by atoms with Crippen LogP contribution in [0.3, 0.4) is 0 Å². The average molecular weight is 559 g/mol. The van der Waals surface area contributed by atoms with Gasteiger partial charge in [0, 0.05) is 35.3 Å². The summed E-state index contributed by atoms with van der Waals surface area (Å²) in [6.45, 7) is 0. The number of fused-ring (bicyclic) bond motifs is 2. The fourth-order valence-corrected chi connectivity index (χ4v) is 4.76. The molecular formula is C34H30N4O4. The van der Waals surface area contributed by atoms with Crippen molar-refractivity contribution in [3.05, 3.63) is 97.1 Å². The maximum absolute atomic E-state index is 12.4. The number of unbranched alkanes of at least 4 members (excludes halogenated alkanes) is 3. The molecule has 0 spiro atoms. The van der Waals surface area contributed by atoms with Crippen LogP contribution >= 0.6 is 0 Å². The molecule has 0 aliphatic heterocycles. The van der Waals surface area contributed by atoms with Gasteiger partial charge in [0.15, 0.2) is 11.2 Å². The van der Waals surface area contributed by atoms with Gasteiger partial charge in [0.25, 0.3) is 0 Å². The standard InChI is InChI=1S/C34H30N4O4/c39-31(35-25-19-15-23(16-20-25)33-37-27-9-5-7-11-29(27)41-33)13-3-1-2-4-14-32(40)36-26-21-17-24(18-22-26)34-38-28-10-6-8-12-30(28)42-34/h5-12,15-22H,1-4,13-14H2,(H,35,39)(H,36,40). The number of benzene rings is 4. The summed E-state index contributed by atoms with van der Waals surface area (Å²) in [4.78, 5) is 33.8. The van der Waals surface area contributed by atoms with Gasteiger partial charge in [-0.15, -0.1) is 0 Å². The highest BCUT2D eigenvalue weighted by Crippen LogP contribution is 2.26. The molecule has 0 radical (unpaired) electrons. The number of anilines is 2. The van der Waals surface area contributed by atoms with Crippen LogP contribution in [0.4, 0.5) is 11.4 Å². The molecule has 0 aliphatic rings. The molecule has 42 heavy (non-hydrogen) atoms. The zero-order valence-electron chi connectivity index (χ0n) is 23.0. The fraction of sp³-hybridized carbons (Fsp3) is 0.176. The van der Waals surface area contributed by atoms with Gasteiger partial charge in [0.05, 0.1) is 0 Å². The van der Waals surface area contributed by atoms with E-state index in [1.54, 1.807) is 0 Å². The van der Waals surface area contributed by atoms with Crippen LogP contribution in [0.2, 0.25) is 0 Å². The maximum Gasteiger partial charge on any atom is 0.227 e. The van der Waals surface area contributed by atoms with E-state index in [4.69, 9.17) is 8.83 Å². The number of amides is 2. The molecule has 0 aliphatic carbocycles. The Bertz CT molecular complexity index is 1620. The lowest BCUT2D eigenvalue weighted by atomic mass is 10.1. The Balaban J connectivity index is 0.872. The molecule has 8 nitrogen and oxygen atoms in total. The molecule has 6 aromatic rings. The van der Waals surface area contributed by atoms with Crippen molar-refractivity contribution in [3.63, 3.8) is 0 Å². The summed E-state index contributed by atoms with van der Waals surface area (Å²) in [6.07, 6.45) is 4.18. The lowest BCUT2D eigenvalue weighted by molar-refractivity contribution is -0.117. The van der Waals surface area contributed by atoms with E-state index < -0.39 is 0 Å². The van der Waals surface area contributed by atoms with E-state index in [2.05, 4.69) is 20.6 Å². The predicted molar refractivity (Wildman–Crippen MR) is 164 cm³/mol. The van der Waals surface area contributed by atoms with Gasteiger partial charge in [-0.2, -0.15) is 0 Å². The number of carbonyl (C=O) groups is 2. The lowest BCUT2D eigenvalue weighted by Gasteiger charge is -2.07. The maximum atomic E-state index is 12.4. The van der Waals surface area contributed by atoms with E-state index in [9.17, 15) is 9.59 Å². The molecule has 0 saturated heterocycles. The van der Waals surface area contributed by atoms with E-state index >= 15 is 0 Å². The summed E-state index contributed by atoms with van der Waals surface area (Å²) in [5.41, 5.74) is 6.29. The fourth-order valence-electron chi connectivity index (χ4n) is 4.76. The van der Waals surface area contributed by atoms with Crippen LogP contribution in [0.1, 0.15) is 38.5 Å². The lowest BCUT2D eigenvalue weighted by Crippen LogP contribution is -2.11. The van der Waals surface area contributed by atoms with Crippen molar-refractivity contribution >= 4 is 45.4 Å². The molecule has 2 amide bonds. The number of rotatable bonds is 11. The molecule has 0 bridgehead atoms. The Kier molecular flexibility index (Phi) is 8.03. The minimum Gasteiger partial charge on any atom is -0.436 e. The Hall–Kier alpha value is -5.24. The number of aromatic nitrogens is 2. The third-order valence-corrected chi connectivity index (χ3v) is 6.98. The Morgan fingerprint density at radius 1 is 0.524 bits per heavy atom. The van der Waals surface area contributed by atoms with Gasteiger partial charge in [0.2, 0.25) is 23.6 Å². The minimum absolute atomic E-state index is 0.0244. The summed E-state index contributed by atoms with van der Waals surface area (Å²) in [5, 5.41) is 5.88. The first-order valence-electron chi connectivity index (χ1n) is 14.1. The van der Waals surface area contributed by atoms with Gasteiger partial charge in [-0.25, -0.2) is 9.97 Å². The summed E-state index contributed by atoms with van der Waals surface area (Å²) < 4.78 is 11.6. The monoisotopic (exact) mass is 558 g/mol. The zero-order chi connectivity index (χ0) is 28.7. The molecule has 0 atom stereocenters. The van der Waals surface area contributed by atoms with Gasteiger partial charge >= 0.3 is 0 Å². The summed E-state index contributed by atoms with van der Waals surface area (Å²) in [7, 11) is 0. The third kappa shape index (κ3) is 6.55. The van der Waals surface area contributed by atoms with E-state index in [0.29, 0.717) is 24.6 Å². The molecule has 0 unspecified atom stereocenters. The molecule has 2 aromatic heterocycles. The SMILES string of the molecule is O=C(CCCCCCC(=O)Nc1ccc(-c2nc3ccccc3o2)cc1)Nc1ccc(-c2nc3ccccc3o2)cc1. The summed E-state index contributed by atoms with van der Waals surface area (Å²) >= 11 is 0. The highest BCUT2D eigenvalue weighted by Gasteiger charge is 2.10. The van der Waals surface area contributed by atoms with E-state index in [0.717, 1.165) is 70.4 Å². The van der Waals surface area contributed by atoms with Crippen LogP contribution in [-0.4, -0.2) is 21.8 Å². The van der Waals surface area contributed by atoms with Crippen molar-refractivity contribution in [3.8, 4) is 22.9 Å². The number of carbonyl (C=O) groups excluding carboxylic acids is 2. The van der Waals surface area contributed by atoms with Crippen LogP contribution in [0.5, 0.6) is 0 Å². The Labute approximate surface area is 242 Å². The molecular weight excluding hydrogens is 528 g/mol. The van der Waals surface area contributed by atoms with Crippen molar-refractivity contribution in [1.29, 1.82) is 0 Å². The second kappa shape index (κ2) is 12.5. The van der Waals surface area contributed by atoms with Crippen LogP contribution in [-0.2, 0) is 9.59 Å². The second-order valence-electron chi connectivity index (χ2n) is 10.1. The van der Waals surface area contributed by atoms with E-state index in [1.807, 2.05) is 97.1 Å². The van der Waals surface area contributed by atoms with Crippen molar-refractivity contribution in [2.45, 2.75) is 38.5 Å². The first kappa shape index (κ1) is 27.0. The van der Waals surface area contributed by atoms with Crippen LogP contribution in [0.25, 0.3) is 45.1 Å². The molecule has 6 rings (SSSR count). The van der Waals surface area contributed by atoms with E-state index in [1.165, 1.54) is 0 Å². The number of para-hydroxylation sites is 4. The van der Waals surface area contributed by atoms with Gasteiger partial charge in [-0.1, -0.05) is 37.1 Å². The molecule has 0 fully saturated rings. The predicted octanol–water partition coefficient (Wildman–Crippen LogP) is 8.22. The van der Waals surface area contributed by atoms with Crippen molar-refractivity contribution in [2.24, 2.45) is 0 Å². The van der Waals surface area contributed by atoms with Gasteiger partial charge in [-0.3, -0.25) is 9.59 Å². The topological polar surface area (TPSA) is 110 Å². The van der Waals surface area contributed by atoms with Crippen LogP contribution in [0.15, 0.2) is 106 Å². The molecule has 2 N–H and O–H groups in total. The summed E-state index contributed by atoms with van der Waals surface area (Å²) in [5.74, 6) is 1.06. The van der Waals surface area contributed by atoms with Crippen molar-refractivity contribution < 1.29 is 18.4 Å². The van der Waals surface area contributed by atoms with E-state index in [-0.39, 0.29) is 11.8 Å². The Morgan fingerprint density at radius 2 is 0.929 bits per heavy atom. The highest BCUT2D eigenvalue weighted by atomic mass is 16.4. The van der Waals surface area contributed by atoms with Crippen molar-refractivity contribution in [2.75, 3.05) is 10.6 Å². The smallest absolute Gasteiger partial charge is 0.227 e. The molecule has 210 valence electrons. The quantitative estimate of drug-likeness (QED) is 0.155. The molecule has 4 aromatic carbocycles. The Morgan fingerprint density at radius 3 is 1.33 bits per heavy atom. The van der Waals surface area contributed by atoms with Gasteiger partial charge < -0.3 is 19.5 Å². The number of nitrogens with one attached hydrogen (secondary N) is 2. The number of oxazole rings is 2. The van der Waals surface area contributed by atoms with Crippen molar-refractivity contribution in [1.82, 2.24) is 9.97 Å². The molecule has 8 heteroatoms. The minimum atomic E-state index is -0.0244. The summed E-state index contributed by atoms with van der Waals surface area (Å²) in [6, 6.07) is 30.2. The first-order chi connectivity index (χ1) is 20.6. The molecule has 2 heterocycles. The van der Waals surface area contributed by atoms with Crippen LogP contribution < -0.4 is 10.6 Å². The van der Waals surface area contributed by atoms with Gasteiger partial charge in [0.1, 0.15) is 11.0 Å².